The minimum atomic E-state index is -1.09. The van der Waals surface area contributed by atoms with Crippen LogP contribution >= 0.6 is 0 Å². The maximum absolute atomic E-state index is 14.1. The van der Waals surface area contributed by atoms with Gasteiger partial charge in [0.05, 0.1) is 6.61 Å². The fourth-order valence-corrected chi connectivity index (χ4v) is 4.18. The van der Waals surface area contributed by atoms with E-state index in [9.17, 15) is 24.6 Å². The summed E-state index contributed by atoms with van der Waals surface area (Å²) in [4.78, 5) is 41.7. The van der Waals surface area contributed by atoms with Crippen LogP contribution in [-0.4, -0.2) is 64.4 Å². The molecule has 2 unspecified atom stereocenters. The van der Waals surface area contributed by atoms with E-state index >= 15 is 0 Å². The SMILES string of the molecule is CCCCCNC(=O)C(c1ccc(O)c(C)c1)N(CCO)C(=O)C(Cc1ccccc1)NC(=O)OC(C)(C)C. The fourth-order valence-electron chi connectivity index (χ4n) is 4.18. The maximum atomic E-state index is 14.1. The number of amides is 3. The molecule has 0 fully saturated rings. The molecule has 2 aromatic rings. The van der Waals surface area contributed by atoms with Crippen molar-refractivity contribution >= 4 is 17.9 Å². The lowest BCUT2D eigenvalue weighted by Crippen LogP contribution is -2.54. The first kappa shape index (κ1) is 31.6. The van der Waals surface area contributed by atoms with Crippen molar-refractivity contribution in [1.29, 1.82) is 0 Å². The number of aliphatic hydroxyl groups is 1. The normalized spacial score (nSPS) is 12.8. The molecule has 214 valence electrons. The molecule has 39 heavy (non-hydrogen) atoms. The summed E-state index contributed by atoms with van der Waals surface area (Å²) in [6, 6.07) is 11.8. The van der Waals surface area contributed by atoms with Crippen molar-refractivity contribution in [1.82, 2.24) is 15.5 Å². The van der Waals surface area contributed by atoms with E-state index in [1.165, 1.54) is 11.0 Å². The summed E-state index contributed by atoms with van der Waals surface area (Å²) >= 11 is 0. The van der Waals surface area contributed by atoms with Gasteiger partial charge in [-0.2, -0.15) is 0 Å². The number of benzene rings is 2. The van der Waals surface area contributed by atoms with Crippen molar-refractivity contribution in [3.05, 3.63) is 65.2 Å². The van der Waals surface area contributed by atoms with Gasteiger partial charge in [0.1, 0.15) is 23.4 Å². The summed E-state index contributed by atoms with van der Waals surface area (Å²) in [5.74, 6) is -0.888. The third kappa shape index (κ3) is 10.2. The highest BCUT2D eigenvalue weighted by atomic mass is 16.6. The Morgan fingerprint density at radius 2 is 1.74 bits per heavy atom. The highest BCUT2D eigenvalue weighted by Crippen LogP contribution is 2.27. The van der Waals surface area contributed by atoms with Gasteiger partial charge in [-0.25, -0.2) is 4.79 Å². The lowest BCUT2D eigenvalue weighted by Gasteiger charge is -2.34. The van der Waals surface area contributed by atoms with Crippen molar-refractivity contribution in [2.75, 3.05) is 19.7 Å². The second-order valence-corrected chi connectivity index (χ2v) is 10.6. The lowest BCUT2D eigenvalue weighted by atomic mass is 9.98. The summed E-state index contributed by atoms with van der Waals surface area (Å²) in [5, 5.41) is 25.6. The molecule has 0 saturated carbocycles. The van der Waals surface area contributed by atoms with Crippen LogP contribution in [0.3, 0.4) is 0 Å². The van der Waals surface area contributed by atoms with E-state index < -0.39 is 42.2 Å². The Kier molecular flexibility index (Phi) is 12.3. The summed E-state index contributed by atoms with van der Waals surface area (Å²) in [6.45, 7) is 8.84. The van der Waals surface area contributed by atoms with Gasteiger partial charge in [0, 0.05) is 19.5 Å². The van der Waals surface area contributed by atoms with E-state index in [-0.39, 0.29) is 18.7 Å². The summed E-state index contributed by atoms with van der Waals surface area (Å²) in [7, 11) is 0. The maximum Gasteiger partial charge on any atom is 0.408 e. The molecule has 4 N–H and O–H groups in total. The Balaban J connectivity index is 2.49. The van der Waals surface area contributed by atoms with Crippen molar-refractivity contribution in [2.45, 2.75) is 78.0 Å². The first-order chi connectivity index (χ1) is 18.5. The number of carbonyl (C=O) groups is 3. The zero-order valence-electron chi connectivity index (χ0n) is 23.7. The first-order valence-electron chi connectivity index (χ1n) is 13.5. The number of phenolic OH excluding ortho intramolecular Hbond substituents is 1. The third-order valence-corrected chi connectivity index (χ3v) is 6.07. The molecule has 3 amide bonds. The molecule has 2 aromatic carbocycles. The average Bonchev–Trinajstić information content (AvgIpc) is 2.87. The van der Waals surface area contributed by atoms with Gasteiger partial charge in [0.25, 0.3) is 0 Å². The van der Waals surface area contributed by atoms with Crippen LogP contribution in [-0.2, 0) is 20.7 Å². The number of aliphatic hydroxyl groups excluding tert-OH is 1. The van der Waals surface area contributed by atoms with Gasteiger partial charge < -0.3 is 30.5 Å². The number of hydrogen-bond donors (Lipinski definition) is 4. The van der Waals surface area contributed by atoms with Crippen LogP contribution in [0.4, 0.5) is 4.79 Å². The molecule has 0 saturated heterocycles. The second kappa shape index (κ2) is 15.1. The molecule has 9 nitrogen and oxygen atoms in total. The van der Waals surface area contributed by atoms with Gasteiger partial charge in [0.15, 0.2) is 0 Å². The third-order valence-electron chi connectivity index (χ3n) is 6.07. The molecule has 9 heteroatoms. The predicted molar refractivity (Wildman–Crippen MR) is 150 cm³/mol. The van der Waals surface area contributed by atoms with Gasteiger partial charge in [-0.05, 0) is 62.9 Å². The predicted octanol–water partition coefficient (Wildman–Crippen LogP) is 4.01. The van der Waals surface area contributed by atoms with Crippen LogP contribution in [0.1, 0.15) is 69.7 Å². The molecule has 2 atom stereocenters. The summed E-state index contributed by atoms with van der Waals surface area (Å²) < 4.78 is 5.42. The van der Waals surface area contributed by atoms with Crippen LogP contribution in [0.25, 0.3) is 0 Å². The number of hydrogen-bond acceptors (Lipinski definition) is 6. The van der Waals surface area contributed by atoms with Crippen LogP contribution in [0.15, 0.2) is 48.5 Å². The second-order valence-electron chi connectivity index (χ2n) is 10.6. The number of aromatic hydroxyl groups is 1. The van der Waals surface area contributed by atoms with E-state index in [2.05, 4.69) is 17.6 Å². The summed E-state index contributed by atoms with van der Waals surface area (Å²) in [5.41, 5.74) is 1.05. The Bertz CT molecular complexity index is 1080. The number of ether oxygens (including phenoxy) is 1. The number of nitrogens with zero attached hydrogens (tertiary/aromatic N) is 1. The van der Waals surface area contributed by atoms with Gasteiger partial charge >= 0.3 is 6.09 Å². The largest absolute Gasteiger partial charge is 0.508 e. The number of rotatable bonds is 13. The molecular formula is C30H43N3O6. The average molecular weight is 542 g/mol. The van der Waals surface area contributed by atoms with Crippen molar-refractivity contribution in [2.24, 2.45) is 0 Å². The molecule has 0 heterocycles. The van der Waals surface area contributed by atoms with Crippen molar-refractivity contribution in [3.63, 3.8) is 0 Å². The minimum absolute atomic E-state index is 0.0643. The number of phenols is 1. The quantitative estimate of drug-likeness (QED) is 0.284. The van der Waals surface area contributed by atoms with E-state index in [4.69, 9.17) is 4.74 Å². The van der Waals surface area contributed by atoms with Gasteiger partial charge in [-0.3, -0.25) is 9.59 Å². The number of alkyl carbamates (subject to hydrolysis) is 1. The molecule has 2 rings (SSSR count). The van der Waals surface area contributed by atoms with Gasteiger partial charge in [-0.15, -0.1) is 0 Å². The Labute approximate surface area is 231 Å². The fraction of sp³-hybridized carbons (Fsp3) is 0.500. The van der Waals surface area contributed by atoms with E-state index in [0.29, 0.717) is 17.7 Å². The zero-order valence-corrected chi connectivity index (χ0v) is 23.7. The molecule has 0 radical (unpaired) electrons. The lowest BCUT2D eigenvalue weighted by molar-refractivity contribution is -0.143. The zero-order chi connectivity index (χ0) is 29.0. The van der Waals surface area contributed by atoms with E-state index in [1.807, 2.05) is 30.3 Å². The van der Waals surface area contributed by atoms with Crippen LogP contribution in [0, 0.1) is 6.92 Å². The van der Waals surface area contributed by atoms with Crippen molar-refractivity contribution < 1.29 is 29.3 Å². The molecule has 0 aliphatic carbocycles. The van der Waals surface area contributed by atoms with Crippen LogP contribution in [0.2, 0.25) is 0 Å². The molecule has 0 spiro atoms. The molecule has 0 aliphatic rings. The first-order valence-corrected chi connectivity index (χ1v) is 13.5. The number of nitrogens with one attached hydrogen (secondary N) is 2. The van der Waals surface area contributed by atoms with Gasteiger partial charge in [0.2, 0.25) is 11.8 Å². The van der Waals surface area contributed by atoms with E-state index in [0.717, 1.165) is 24.8 Å². The molecule has 0 aliphatic heterocycles. The number of unbranched alkanes of at least 4 members (excludes halogenated alkanes) is 2. The number of carbonyl (C=O) groups excluding carboxylic acids is 3. The van der Waals surface area contributed by atoms with Crippen LogP contribution < -0.4 is 10.6 Å². The minimum Gasteiger partial charge on any atom is -0.508 e. The topological polar surface area (TPSA) is 128 Å². The highest BCUT2D eigenvalue weighted by Gasteiger charge is 2.36. The van der Waals surface area contributed by atoms with Crippen LogP contribution in [0.5, 0.6) is 5.75 Å². The van der Waals surface area contributed by atoms with E-state index in [1.54, 1.807) is 39.8 Å². The van der Waals surface area contributed by atoms with Gasteiger partial charge in [-0.1, -0.05) is 56.2 Å². The Morgan fingerprint density at radius 3 is 2.33 bits per heavy atom. The smallest absolute Gasteiger partial charge is 0.408 e. The Morgan fingerprint density at radius 1 is 1.05 bits per heavy atom. The Hall–Kier alpha value is -3.59. The molecule has 0 bridgehead atoms. The highest BCUT2D eigenvalue weighted by molar-refractivity contribution is 5.92. The standard InChI is InChI=1S/C30H43N3O6/c1-6-7-11-16-31-27(36)26(23-14-15-25(35)21(2)19-23)33(17-18-34)28(37)24(20-22-12-9-8-10-13-22)32-29(38)39-30(3,4)5/h8-10,12-15,19,24,26,34-35H,6-7,11,16-18,20H2,1-5H3,(H,31,36)(H,32,38). The summed E-state index contributed by atoms with van der Waals surface area (Å²) in [6.07, 6.45) is 2.11. The molecule has 0 aromatic heterocycles. The monoisotopic (exact) mass is 541 g/mol. The van der Waals surface area contributed by atoms with Crippen molar-refractivity contribution in [3.8, 4) is 5.75 Å². The molecular weight excluding hydrogens is 498 g/mol. The number of aryl methyl sites for hydroxylation is 1.